The van der Waals surface area contributed by atoms with Crippen LogP contribution >= 0.6 is 23.2 Å². The van der Waals surface area contributed by atoms with Gasteiger partial charge >= 0.3 is 5.97 Å². The Morgan fingerprint density at radius 1 is 1.39 bits per heavy atom. The van der Waals surface area contributed by atoms with Crippen LogP contribution in [-0.2, 0) is 9.53 Å². The third-order valence-corrected chi connectivity index (χ3v) is 2.43. The standard InChI is InChI=1S/C11H12Cl2N2O3/c1-2-5-14-9(16)6-18-11(17)10-7(12)3-4-8(13)15-10/h3-4H,2,5-6H2,1H3,(H,14,16). The van der Waals surface area contributed by atoms with Crippen LogP contribution in [0.2, 0.25) is 10.2 Å². The first kappa shape index (κ1) is 14.7. The van der Waals surface area contributed by atoms with Crippen molar-refractivity contribution < 1.29 is 14.3 Å². The van der Waals surface area contributed by atoms with Crippen molar-refractivity contribution in [3.63, 3.8) is 0 Å². The van der Waals surface area contributed by atoms with Gasteiger partial charge in [0, 0.05) is 6.54 Å². The van der Waals surface area contributed by atoms with Gasteiger partial charge in [-0.1, -0.05) is 30.1 Å². The van der Waals surface area contributed by atoms with Crippen molar-refractivity contribution >= 4 is 35.1 Å². The van der Waals surface area contributed by atoms with Gasteiger partial charge in [-0.15, -0.1) is 0 Å². The summed E-state index contributed by atoms with van der Waals surface area (Å²) in [6, 6.07) is 2.89. The number of ether oxygens (including phenoxy) is 1. The summed E-state index contributed by atoms with van der Waals surface area (Å²) in [5.41, 5.74) is -0.104. The van der Waals surface area contributed by atoms with E-state index >= 15 is 0 Å². The van der Waals surface area contributed by atoms with Crippen molar-refractivity contribution in [3.05, 3.63) is 28.0 Å². The topological polar surface area (TPSA) is 68.3 Å². The summed E-state index contributed by atoms with van der Waals surface area (Å²) in [5.74, 6) is -1.16. The Bertz CT molecular complexity index is 452. The molecule has 98 valence electrons. The first-order valence-electron chi connectivity index (χ1n) is 5.30. The Hall–Kier alpha value is -1.33. The minimum absolute atomic E-state index is 0.104. The predicted molar refractivity (Wildman–Crippen MR) is 67.8 cm³/mol. The second kappa shape index (κ2) is 7.18. The third kappa shape index (κ3) is 4.50. The summed E-state index contributed by atoms with van der Waals surface area (Å²) in [7, 11) is 0. The molecule has 0 aromatic carbocycles. The Morgan fingerprint density at radius 3 is 2.78 bits per heavy atom. The molecule has 0 fully saturated rings. The Balaban J connectivity index is 2.55. The molecule has 0 atom stereocenters. The quantitative estimate of drug-likeness (QED) is 0.666. The maximum Gasteiger partial charge on any atom is 0.359 e. The van der Waals surface area contributed by atoms with Gasteiger partial charge in [-0.3, -0.25) is 4.79 Å². The molecule has 0 spiro atoms. The van der Waals surface area contributed by atoms with E-state index in [1.807, 2.05) is 6.92 Å². The Kier molecular flexibility index (Phi) is 5.88. The molecular formula is C11H12Cl2N2O3. The van der Waals surface area contributed by atoms with Gasteiger partial charge in [0.15, 0.2) is 12.3 Å². The van der Waals surface area contributed by atoms with Gasteiger partial charge in [-0.2, -0.15) is 0 Å². The fourth-order valence-corrected chi connectivity index (χ4v) is 1.41. The van der Waals surface area contributed by atoms with Crippen LogP contribution < -0.4 is 5.32 Å². The van der Waals surface area contributed by atoms with Crippen molar-refractivity contribution in [3.8, 4) is 0 Å². The molecule has 0 bridgehead atoms. The number of hydrogen-bond acceptors (Lipinski definition) is 4. The number of rotatable bonds is 5. The third-order valence-electron chi connectivity index (χ3n) is 1.91. The fourth-order valence-electron chi connectivity index (χ4n) is 1.08. The lowest BCUT2D eigenvalue weighted by Crippen LogP contribution is -2.29. The zero-order chi connectivity index (χ0) is 13.5. The average molecular weight is 291 g/mol. The number of pyridine rings is 1. The second-order valence-corrected chi connectivity index (χ2v) is 4.18. The fraction of sp³-hybridized carbons (Fsp3) is 0.364. The van der Waals surface area contributed by atoms with E-state index in [1.54, 1.807) is 0 Å². The van der Waals surface area contributed by atoms with E-state index in [1.165, 1.54) is 12.1 Å². The smallest absolute Gasteiger partial charge is 0.359 e. The molecular weight excluding hydrogens is 279 g/mol. The van der Waals surface area contributed by atoms with Gasteiger partial charge in [0.25, 0.3) is 5.91 Å². The molecule has 18 heavy (non-hydrogen) atoms. The number of carbonyl (C=O) groups is 2. The maximum atomic E-state index is 11.6. The van der Waals surface area contributed by atoms with Crippen LogP contribution in [0.1, 0.15) is 23.8 Å². The SMILES string of the molecule is CCCNC(=O)COC(=O)c1nc(Cl)ccc1Cl. The van der Waals surface area contributed by atoms with E-state index in [9.17, 15) is 9.59 Å². The lowest BCUT2D eigenvalue weighted by Gasteiger charge is -2.06. The van der Waals surface area contributed by atoms with Crippen LogP contribution in [0.4, 0.5) is 0 Å². The number of nitrogens with zero attached hydrogens (tertiary/aromatic N) is 1. The van der Waals surface area contributed by atoms with Crippen molar-refractivity contribution in [2.75, 3.05) is 13.2 Å². The predicted octanol–water partition coefficient (Wildman–Crippen LogP) is 2.07. The van der Waals surface area contributed by atoms with E-state index in [2.05, 4.69) is 10.3 Å². The molecule has 0 unspecified atom stereocenters. The summed E-state index contributed by atoms with van der Waals surface area (Å²) in [6.45, 7) is 2.08. The molecule has 1 aromatic rings. The summed E-state index contributed by atoms with van der Waals surface area (Å²) >= 11 is 11.4. The van der Waals surface area contributed by atoms with E-state index in [4.69, 9.17) is 27.9 Å². The highest BCUT2D eigenvalue weighted by atomic mass is 35.5. The summed E-state index contributed by atoms with van der Waals surface area (Å²) in [6.07, 6.45) is 0.807. The lowest BCUT2D eigenvalue weighted by atomic mass is 10.3. The number of amides is 1. The zero-order valence-corrected chi connectivity index (χ0v) is 11.2. The highest BCUT2D eigenvalue weighted by Gasteiger charge is 2.15. The first-order valence-corrected chi connectivity index (χ1v) is 6.06. The number of carbonyl (C=O) groups excluding carboxylic acids is 2. The van der Waals surface area contributed by atoms with Gasteiger partial charge < -0.3 is 10.1 Å². The summed E-state index contributed by atoms with van der Waals surface area (Å²) in [4.78, 5) is 26.5. The van der Waals surface area contributed by atoms with Crippen LogP contribution in [0.15, 0.2) is 12.1 Å². The number of aromatic nitrogens is 1. The van der Waals surface area contributed by atoms with Crippen LogP contribution in [-0.4, -0.2) is 30.0 Å². The molecule has 0 aliphatic rings. The molecule has 1 aromatic heterocycles. The van der Waals surface area contributed by atoms with Gasteiger partial charge in [0.1, 0.15) is 5.15 Å². The van der Waals surface area contributed by atoms with Crippen molar-refractivity contribution in [2.45, 2.75) is 13.3 Å². The molecule has 0 aliphatic carbocycles. The number of esters is 1. The molecule has 1 N–H and O–H groups in total. The normalized spacial score (nSPS) is 9.94. The van der Waals surface area contributed by atoms with Gasteiger partial charge in [-0.05, 0) is 18.6 Å². The highest BCUT2D eigenvalue weighted by Crippen LogP contribution is 2.17. The molecule has 1 rings (SSSR count). The molecule has 7 heteroatoms. The van der Waals surface area contributed by atoms with Gasteiger partial charge in [0.2, 0.25) is 0 Å². The lowest BCUT2D eigenvalue weighted by molar-refractivity contribution is -0.124. The molecule has 1 amide bonds. The number of hydrogen-bond donors (Lipinski definition) is 1. The van der Waals surface area contributed by atoms with Crippen LogP contribution in [0.5, 0.6) is 0 Å². The van der Waals surface area contributed by atoms with Gasteiger partial charge in [0.05, 0.1) is 5.02 Å². The molecule has 0 saturated heterocycles. The van der Waals surface area contributed by atoms with Crippen LogP contribution in [0, 0.1) is 0 Å². The monoisotopic (exact) mass is 290 g/mol. The van der Waals surface area contributed by atoms with E-state index in [0.717, 1.165) is 6.42 Å². The average Bonchev–Trinajstić information content (AvgIpc) is 2.36. The number of halogens is 2. The largest absolute Gasteiger partial charge is 0.451 e. The molecule has 0 radical (unpaired) electrons. The summed E-state index contributed by atoms with van der Waals surface area (Å²) in [5, 5.41) is 2.82. The molecule has 0 saturated carbocycles. The highest BCUT2D eigenvalue weighted by molar-refractivity contribution is 6.34. The summed E-state index contributed by atoms with van der Waals surface area (Å²) < 4.78 is 4.77. The molecule has 5 nitrogen and oxygen atoms in total. The Morgan fingerprint density at radius 2 is 2.11 bits per heavy atom. The van der Waals surface area contributed by atoms with Gasteiger partial charge in [-0.25, -0.2) is 9.78 Å². The van der Waals surface area contributed by atoms with Crippen molar-refractivity contribution in [2.24, 2.45) is 0 Å². The zero-order valence-electron chi connectivity index (χ0n) is 9.70. The molecule has 0 aliphatic heterocycles. The second-order valence-electron chi connectivity index (χ2n) is 3.39. The minimum atomic E-state index is -0.783. The van der Waals surface area contributed by atoms with Crippen LogP contribution in [0.25, 0.3) is 0 Å². The van der Waals surface area contributed by atoms with Crippen molar-refractivity contribution in [1.82, 2.24) is 10.3 Å². The Labute approximate surface area is 114 Å². The first-order chi connectivity index (χ1) is 8.54. The van der Waals surface area contributed by atoms with E-state index in [-0.39, 0.29) is 28.4 Å². The maximum absolute atomic E-state index is 11.6. The van der Waals surface area contributed by atoms with Crippen molar-refractivity contribution in [1.29, 1.82) is 0 Å². The van der Waals surface area contributed by atoms with E-state index in [0.29, 0.717) is 6.54 Å². The van der Waals surface area contributed by atoms with E-state index < -0.39 is 5.97 Å². The minimum Gasteiger partial charge on any atom is -0.451 e. The van der Waals surface area contributed by atoms with Crippen LogP contribution in [0.3, 0.4) is 0 Å². The number of nitrogens with one attached hydrogen (secondary N) is 1. The molecule has 1 heterocycles.